The van der Waals surface area contributed by atoms with Crippen molar-refractivity contribution in [2.24, 2.45) is 5.92 Å². The van der Waals surface area contributed by atoms with Gasteiger partial charge in [-0.1, -0.05) is 12.1 Å². The molecular weight excluding hydrogens is 494 g/mol. The fourth-order valence-corrected chi connectivity index (χ4v) is 7.06. The van der Waals surface area contributed by atoms with E-state index in [1.807, 2.05) is 30.3 Å². The summed E-state index contributed by atoms with van der Waals surface area (Å²) in [5.74, 6) is 1.01. The lowest BCUT2D eigenvalue weighted by Gasteiger charge is -2.36. The molecule has 1 saturated heterocycles. The third-order valence-electron chi connectivity index (χ3n) is 6.50. The molecule has 5 rings (SSSR count). The van der Waals surface area contributed by atoms with E-state index in [-0.39, 0.29) is 16.7 Å². The van der Waals surface area contributed by atoms with Gasteiger partial charge in [-0.05, 0) is 65.0 Å². The number of halogens is 1. The van der Waals surface area contributed by atoms with Gasteiger partial charge in [-0.25, -0.2) is 8.42 Å². The van der Waals surface area contributed by atoms with Gasteiger partial charge in [0.15, 0.2) is 0 Å². The molecule has 32 heavy (non-hydrogen) atoms. The van der Waals surface area contributed by atoms with Gasteiger partial charge in [0, 0.05) is 48.8 Å². The fourth-order valence-electron chi connectivity index (χ4n) is 4.56. The normalized spacial score (nSPS) is 19.2. The number of benzene rings is 2. The quantitative estimate of drug-likeness (QED) is 0.606. The van der Waals surface area contributed by atoms with Crippen molar-refractivity contribution in [3.63, 3.8) is 0 Å². The molecule has 0 spiro atoms. The average Bonchev–Trinajstić information content (AvgIpc) is 3.58. The van der Waals surface area contributed by atoms with Crippen LogP contribution in [0, 0.1) is 5.92 Å². The molecule has 2 heterocycles. The Kier molecular flexibility index (Phi) is 5.67. The van der Waals surface area contributed by atoms with Crippen molar-refractivity contribution in [3.8, 4) is 5.75 Å². The number of rotatable bonds is 5. The van der Waals surface area contributed by atoms with Crippen LogP contribution in [0.4, 0.5) is 11.4 Å². The highest BCUT2D eigenvalue weighted by Gasteiger charge is 2.38. The molecule has 2 aromatic rings. The number of sulfonamides is 1. The number of ether oxygens (including phenoxy) is 1. The molecule has 2 aliphatic heterocycles. The van der Waals surface area contributed by atoms with Crippen molar-refractivity contribution in [2.45, 2.75) is 24.2 Å². The zero-order valence-corrected chi connectivity index (χ0v) is 20.4. The van der Waals surface area contributed by atoms with Crippen LogP contribution in [0.2, 0.25) is 0 Å². The van der Waals surface area contributed by atoms with Gasteiger partial charge in [-0.3, -0.25) is 4.79 Å². The number of fused-ring (bicyclic) bond motifs is 1. The number of carbonyl (C=O) groups is 1. The molecule has 0 unspecified atom stereocenters. The highest BCUT2D eigenvalue weighted by molar-refractivity contribution is 9.10. The summed E-state index contributed by atoms with van der Waals surface area (Å²) < 4.78 is 34.6. The molecule has 2 aromatic carbocycles. The molecule has 1 aliphatic carbocycles. The third kappa shape index (κ3) is 3.80. The molecule has 2 fully saturated rings. The fraction of sp³-hybridized carbons (Fsp3) is 0.435. The molecule has 9 heteroatoms. The number of para-hydroxylation sites is 2. The van der Waals surface area contributed by atoms with E-state index in [1.54, 1.807) is 18.1 Å². The van der Waals surface area contributed by atoms with Crippen LogP contribution in [0.5, 0.6) is 5.75 Å². The molecular formula is C23H26BrN3O4S. The highest BCUT2D eigenvalue weighted by Crippen LogP contribution is 2.40. The van der Waals surface area contributed by atoms with Crippen molar-refractivity contribution in [1.29, 1.82) is 0 Å². The van der Waals surface area contributed by atoms with Gasteiger partial charge < -0.3 is 14.5 Å². The minimum Gasteiger partial charge on any atom is -0.495 e. The van der Waals surface area contributed by atoms with Gasteiger partial charge in [0.05, 0.1) is 17.7 Å². The second-order valence-corrected chi connectivity index (χ2v) is 11.2. The third-order valence-corrected chi connectivity index (χ3v) is 9.36. The Balaban J connectivity index is 1.37. The first-order valence-electron chi connectivity index (χ1n) is 10.9. The monoisotopic (exact) mass is 519 g/mol. The maximum atomic E-state index is 13.5. The number of nitrogens with zero attached hydrogens (tertiary/aromatic N) is 3. The van der Waals surface area contributed by atoms with Crippen LogP contribution in [0.1, 0.15) is 18.4 Å². The summed E-state index contributed by atoms with van der Waals surface area (Å²) in [6, 6.07) is 11.3. The molecule has 0 atom stereocenters. The van der Waals surface area contributed by atoms with Gasteiger partial charge in [0.25, 0.3) is 0 Å². The molecule has 0 radical (unpaired) electrons. The molecule has 1 saturated carbocycles. The maximum absolute atomic E-state index is 13.5. The number of amides is 1. The van der Waals surface area contributed by atoms with Crippen LogP contribution in [-0.2, 0) is 21.2 Å². The summed E-state index contributed by atoms with van der Waals surface area (Å²) in [6.45, 7) is 2.55. The van der Waals surface area contributed by atoms with Gasteiger partial charge in [0.2, 0.25) is 15.9 Å². The number of hydrogen-bond donors (Lipinski definition) is 0. The summed E-state index contributed by atoms with van der Waals surface area (Å²) in [7, 11) is -2.06. The summed E-state index contributed by atoms with van der Waals surface area (Å²) in [5, 5.41) is 0. The minimum atomic E-state index is -3.70. The lowest BCUT2D eigenvalue weighted by molar-refractivity contribution is -0.119. The molecule has 3 aliphatic rings. The molecule has 0 bridgehead atoms. The number of methoxy groups -OCH3 is 1. The van der Waals surface area contributed by atoms with Crippen molar-refractivity contribution >= 4 is 43.2 Å². The molecule has 170 valence electrons. The Morgan fingerprint density at radius 2 is 1.75 bits per heavy atom. The Hall–Kier alpha value is -2.10. The smallest absolute Gasteiger partial charge is 0.244 e. The van der Waals surface area contributed by atoms with Crippen LogP contribution >= 0.6 is 15.9 Å². The van der Waals surface area contributed by atoms with E-state index in [0.717, 1.165) is 42.0 Å². The zero-order valence-electron chi connectivity index (χ0n) is 18.0. The second-order valence-electron chi connectivity index (χ2n) is 8.49. The minimum absolute atomic E-state index is 0.104. The SMILES string of the molecule is COc1ccccc1N1CCN(S(=O)(=O)c2cc3c(cc2Br)CCN3C(=O)C2CC2)CC1. The number of anilines is 2. The summed E-state index contributed by atoms with van der Waals surface area (Å²) in [5.41, 5.74) is 2.74. The molecule has 0 aromatic heterocycles. The van der Waals surface area contributed by atoms with Crippen LogP contribution in [0.15, 0.2) is 45.8 Å². The van der Waals surface area contributed by atoms with E-state index in [4.69, 9.17) is 4.74 Å². The van der Waals surface area contributed by atoms with Crippen molar-refractivity contribution in [3.05, 3.63) is 46.4 Å². The predicted octanol–water partition coefficient (Wildman–Crippen LogP) is 3.27. The first-order chi connectivity index (χ1) is 15.4. The van der Waals surface area contributed by atoms with E-state index in [2.05, 4.69) is 20.8 Å². The van der Waals surface area contributed by atoms with Crippen LogP contribution in [0.25, 0.3) is 0 Å². The van der Waals surface area contributed by atoms with E-state index >= 15 is 0 Å². The van der Waals surface area contributed by atoms with E-state index < -0.39 is 10.0 Å². The highest BCUT2D eigenvalue weighted by atomic mass is 79.9. The van der Waals surface area contributed by atoms with E-state index in [1.165, 1.54) is 4.31 Å². The first kappa shape index (κ1) is 21.7. The number of piperazine rings is 1. The topological polar surface area (TPSA) is 70.2 Å². The summed E-state index contributed by atoms with van der Waals surface area (Å²) in [4.78, 5) is 16.8. The predicted molar refractivity (Wildman–Crippen MR) is 127 cm³/mol. The summed E-state index contributed by atoms with van der Waals surface area (Å²) in [6.07, 6.45) is 2.62. The Morgan fingerprint density at radius 3 is 2.44 bits per heavy atom. The van der Waals surface area contributed by atoms with Crippen LogP contribution in [0.3, 0.4) is 0 Å². The Labute approximate surface area is 197 Å². The largest absolute Gasteiger partial charge is 0.495 e. The number of hydrogen-bond acceptors (Lipinski definition) is 5. The van der Waals surface area contributed by atoms with Gasteiger partial charge in [-0.15, -0.1) is 0 Å². The summed E-state index contributed by atoms with van der Waals surface area (Å²) >= 11 is 3.48. The first-order valence-corrected chi connectivity index (χ1v) is 13.2. The van der Waals surface area contributed by atoms with Crippen LogP contribution < -0.4 is 14.5 Å². The van der Waals surface area contributed by atoms with E-state index in [9.17, 15) is 13.2 Å². The molecule has 7 nitrogen and oxygen atoms in total. The van der Waals surface area contributed by atoms with Crippen molar-refractivity contribution in [2.75, 3.05) is 49.6 Å². The molecule has 1 amide bonds. The standard InChI is InChI=1S/C23H26BrN3O4S/c1-31-21-5-3-2-4-19(21)25-10-12-26(13-11-25)32(29,30)22-15-20-17(14-18(22)24)8-9-27(20)23(28)16-6-7-16/h2-5,14-16H,6-13H2,1H3. The maximum Gasteiger partial charge on any atom is 0.244 e. The van der Waals surface area contributed by atoms with Crippen LogP contribution in [-0.4, -0.2) is 58.5 Å². The van der Waals surface area contributed by atoms with Gasteiger partial charge in [-0.2, -0.15) is 4.31 Å². The average molecular weight is 520 g/mol. The van der Waals surface area contributed by atoms with E-state index in [0.29, 0.717) is 37.2 Å². The van der Waals surface area contributed by atoms with Gasteiger partial charge in [0.1, 0.15) is 5.75 Å². The zero-order chi connectivity index (χ0) is 22.5. The second kappa shape index (κ2) is 8.35. The Morgan fingerprint density at radius 1 is 1.03 bits per heavy atom. The molecule has 0 N–H and O–H groups in total. The van der Waals surface area contributed by atoms with Crippen molar-refractivity contribution in [1.82, 2.24) is 4.31 Å². The lowest BCUT2D eigenvalue weighted by Crippen LogP contribution is -2.48. The van der Waals surface area contributed by atoms with Crippen molar-refractivity contribution < 1.29 is 17.9 Å². The number of carbonyl (C=O) groups excluding carboxylic acids is 1. The van der Waals surface area contributed by atoms with Gasteiger partial charge >= 0.3 is 0 Å². The lowest BCUT2D eigenvalue weighted by atomic mass is 10.2. The Bertz CT molecular complexity index is 1160.